The van der Waals surface area contributed by atoms with Crippen LogP contribution in [0, 0.1) is 0 Å². The van der Waals surface area contributed by atoms with Crippen LogP contribution < -0.4 is 0 Å². The summed E-state index contributed by atoms with van der Waals surface area (Å²) in [5.74, 6) is 0.831. The summed E-state index contributed by atoms with van der Waals surface area (Å²) < 4.78 is 4.68. The monoisotopic (exact) mass is 360 g/mol. The zero-order chi connectivity index (χ0) is 17.6. The second-order valence-corrected chi connectivity index (χ2v) is 7.40. The number of halogens is 1. The number of carbonyl (C=O) groups excluding carboxylic acids is 1. The van der Waals surface area contributed by atoms with Crippen molar-refractivity contribution in [3.63, 3.8) is 0 Å². The first-order chi connectivity index (χ1) is 11.9. The molecule has 0 aliphatic carbocycles. The number of unbranched alkanes of at least 4 members (excludes halogenated alkanes) is 17. The van der Waals surface area contributed by atoms with Gasteiger partial charge in [0.1, 0.15) is 0 Å². The summed E-state index contributed by atoms with van der Waals surface area (Å²) in [4.78, 5) is 9.97. The molecule has 0 aliphatic heterocycles. The third kappa shape index (κ3) is 21.8. The smallest absolute Gasteiger partial charge is 0.293 e. The number of carbonyl (C=O) groups is 1. The first kappa shape index (κ1) is 23.8. The number of rotatable bonds is 21. The van der Waals surface area contributed by atoms with Crippen molar-refractivity contribution in [1.82, 2.24) is 0 Å². The van der Waals surface area contributed by atoms with Crippen molar-refractivity contribution in [2.24, 2.45) is 0 Å². The molecule has 0 aromatic rings. The fourth-order valence-corrected chi connectivity index (χ4v) is 3.35. The zero-order valence-electron chi connectivity index (χ0n) is 15.9. The molecule has 0 saturated carbocycles. The highest BCUT2D eigenvalue weighted by molar-refractivity contribution is 6.17. The summed E-state index contributed by atoms with van der Waals surface area (Å²) >= 11 is 5.67. The summed E-state index contributed by atoms with van der Waals surface area (Å²) in [6.45, 7) is 1.14. The van der Waals surface area contributed by atoms with Crippen molar-refractivity contribution < 1.29 is 9.53 Å². The van der Waals surface area contributed by atoms with Gasteiger partial charge in [-0.1, -0.05) is 103 Å². The lowest BCUT2D eigenvalue weighted by Gasteiger charge is -2.04. The van der Waals surface area contributed by atoms with Crippen molar-refractivity contribution in [1.29, 1.82) is 0 Å². The zero-order valence-corrected chi connectivity index (χ0v) is 16.7. The highest BCUT2D eigenvalue weighted by Crippen LogP contribution is 2.14. The van der Waals surface area contributed by atoms with Gasteiger partial charge < -0.3 is 4.74 Å². The molecule has 0 aliphatic rings. The van der Waals surface area contributed by atoms with Gasteiger partial charge in [-0.25, -0.2) is 0 Å². The van der Waals surface area contributed by atoms with Gasteiger partial charge >= 0.3 is 0 Å². The van der Waals surface area contributed by atoms with Gasteiger partial charge in [-0.05, 0) is 12.8 Å². The minimum atomic E-state index is 0.546. The summed E-state index contributed by atoms with van der Waals surface area (Å²) in [5.41, 5.74) is 0. The average molecular weight is 361 g/mol. The normalized spacial score (nSPS) is 10.9. The molecule has 0 rings (SSSR count). The van der Waals surface area contributed by atoms with Gasteiger partial charge in [0.05, 0.1) is 6.61 Å². The van der Waals surface area contributed by atoms with Crippen molar-refractivity contribution in [2.75, 3.05) is 12.5 Å². The van der Waals surface area contributed by atoms with E-state index in [1.807, 2.05) is 0 Å². The van der Waals surface area contributed by atoms with E-state index < -0.39 is 0 Å². The second kappa shape index (κ2) is 22.8. The van der Waals surface area contributed by atoms with Crippen LogP contribution in [-0.2, 0) is 9.53 Å². The van der Waals surface area contributed by atoms with Gasteiger partial charge in [-0.3, -0.25) is 4.79 Å². The van der Waals surface area contributed by atoms with Gasteiger partial charge in [-0.2, -0.15) is 0 Å². The molecular weight excluding hydrogens is 320 g/mol. The van der Waals surface area contributed by atoms with E-state index in [1.165, 1.54) is 109 Å². The lowest BCUT2D eigenvalue weighted by molar-refractivity contribution is -0.128. The summed E-state index contributed by atoms with van der Waals surface area (Å²) in [6, 6.07) is 0. The van der Waals surface area contributed by atoms with E-state index in [-0.39, 0.29) is 0 Å². The van der Waals surface area contributed by atoms with E-state index >= 15 is 0 Å². The number of hydrogen-bond donors (Lipinski definition) is 0. The molecule has 0 saturated heterocycles. The molecule has 0 N–H and O–H groups in total. The van der Waals surface area contributed by atoms with E-state index in [0.717, 1.165) is 12.3 Å². The van der Waals surface area contributed by atoms with Crippen molar-refractivity contribution in [3.05, 3.63) is 0 Å². The number of ether oxygens (including phenoxy) is 1. The molecule has 0 unspecified atom stereocenters. The Morgan fingerprint density at radius 2 is 0.792 bits per heavy atom. The Morgan fingerprint density at radius 3 is 1.08 bits per heavy atom. The lowest BCUT2D eigenvalue weighted by atomic mass is 10.0. The van der Waals surface area contributed by atoms with Gasteiger partial charge in [0.2, 0.25) is 0 Å². The second-order valence-electron chi connectivity index (χ2n) is 7.02. The molecule has 0 fully saturated rings. The molecule has 2 nitrogen and oxygen atoms in total. The van der Waals surface area contributed by atoms with E-state index in [9.17, 15) is 4.79 Å². The quantitative estimate of drug-likeness (QED) is 0.121. The maximum atomic E-state index is 9.97. The maximum absolute atomic E-state index is 9.97. The molecule has 0 aromatic carbocycles. The molecule has 0 amide bonds. The maximum Gasteiger partial charge on any atom is 0.293 e. The predicted molar refractivity (Wildman–Crippen MR) is 106 cm³/mol. The standard InChI is InChI=1S/C21H41ClO2/c22-19-17-15-13-11-9-7-5-3-1-2-4-6-8-10-12-14-16-18-20-24-21-23/h21H,1-20H2. The Morgan fingerprint density at radius 1 is 0.500 bits per heavy atom. The Labute approximate surface area is 156 Å². The highest BCUT2D eigenvalue weighted by Gasteiger charge is 1.95. The third-order valence-electron chi connectivity index (χ3n) is 4.71. The Balaban J connectivity index is 2.94. The van der Waals surface area contributed by atoms with Crippen LogP contribution in [0.1, 0.15) is 116 Å². The van der Waals surface area contributed by atoms with Crippen LogP contribution in [0.15, 0.2) is 0 Å². The third-order valence-corrected chi connectivity index (χ3v) is 4.98. The first-order valence-corrected chi connectivity index (χ1v) is 11.1. The average Bonchev–Trinajstić information content (AvgIpc) is 2.60. The summed E-state index contributed by atoms with van der Waals surface area (Å²) in [7, 11) is 0. The van der Waals surface area contributed by atoms with Crippen LogP contribution in [-0.4, -0.2) is 19.0 Å². The van der Waals surface area contributed by atoms with E-state index in [1.54, 1.807) is 0 Å². The minimum absolute atomic E-state index is 0.546. The van der Waals surface area contributed by atoms with Crippen LogP contribution in [0.2, 0.25) is 0 Å². The van der Waals surface area contributed by atoms with Gasteiger partial charge in [0.15, 0.2) is 0 Å². The molecule has 0 aromatic heterocycles. The largest absolute Gasteiger partial charge is 0.468 e. The van der Waals surface area contributed by atoms with E-state index in [0.29, 0.717) is 13.1 Å². The van der Waals surface area contributed by atoms with Gasteiger partial charge in [-0.15, -0.1) is 11.6 Å². The van der Waals surface area contributed by atoms with Crippen LogP contribution in [0.5, 0.6) is 0 Å². The summed E-state index contributed by atoms with van der Waals surface area (Å²) in [6.07, 6.45) is 24.3. The van der Waals surface area contributed by atoms with Crippen molar-refractivity contribution >= 4 is 18.1 Å². The van der Waals surface area contributed by atoms with Crippen molar-refractivity contribution in [3.8, 4) is 0 Å². The van der Waals surface area contributed by atoms with Crippen LogP contribution in [0.25, 0.3) is 0 Å². The summed E-state index contributed by atoms with van der Waals surface area (Å²) in [5, 5.41) is 0. The van der Waals surface area contributed by atoms with Crippen molar-refractivity contribution in [2.45, 2.75) is 116 Å². The molecule has 0 spiro atoms. The fourth-order valence-electron chi connectivity index (χ4n) is 3.16. The molecule has 0 atom stereocenters. The molecule has 0 heterocycles. The van der Waals surface area contributed by atoms with Crippen LogP contribution in [0.4, 0.5) is 0 Å². The fraction of sp³-hybridized carbons (Fsp3) is 0.952. The van der Waals surface area contributed by atoms with Gasteiger partial charge in [0, 0.05) is 5.88 Å². The molecule has 0 bridgehead atoms. The topological polar surface area (TPSA) is 26.3 Å². The number of hydrogen-bond acceptors (Lipinski definition) is 2. The van der Waals surface area contributed by atoms with Crippen LogP contribution in [0.3, 0.4) is 0 Å². The Kier molecular flexibility index (Phi) is 22.5. The molecular formula is C21H41ClO2. The minimum Gasteiger partial charge on any atom is -0.468 e. The molecule has 24 heavy (non-hydrogen) atoms. The van der Waals surface area contributed by atoms with E-state index in [2.05, 4.69) is 4.74 Å². The highest BCUT2D eigenvalue weighted by atomic mass is 35.5. The first-order valence-electron chi connectivity index (χ1n) is 10.5. The SMILES string of the molecule is O=COCCCCCCCCCCCCCCCCCCCCCl. The molecule has 3 heteroatoms. The number of alkyl halides is 1. The molecule has 0 radical (unpaired) electrons. The van der Waals surface area contributed by atoms with E-state index in [4.69, 9.17) is 11.6 Å². The lowest BCUT2D eigenvalue weighted by Crippen LogP contribution is -1.91. The predicted octanol–water partition coefficient (Wildman–Crippen LogP) is 7.42. The van der Waals surface area contributed by atoms with Gasteiger partial charge in [0.25, 0.3) is 6.47 Å². The Hall–Kier alpha value is -0.240. The molecule has 144 valence electrons. The van der Waals surface area contributed by atoms with Crippen LogP contribution >= 0.6 is 11.6 Å². The Bertz CT molecular complexity index is 234.